The summed E-state index contributed by atoms with van der Waals surface area (Å²) in [6.07, 6.45) is -4.07. The van der Waals surface area contributed by atoms with Crippen LogP contribution in [0.1, 0.15) is 18.2 Å². The normalized spacial score (nSPS) is 24.8. The Morgan fingerprint density at radius 3 is 2.47 bits per heavy atom. The van der Waals surface area contributed by atoms with E-state index in [0.29, 0.717) is 12.6 Å². The summed E-state index contributed by atoms with van der Waals surface area (Å²) in [6, 6.07) is 0. The first-order valence-electron chi connectivity index (χ1n) is 8.97. The molecule has 0 radical (unpaired) electrons. The van der Waals surface area contributed by atoms with Gasteiger partial charge in [0.1, 0.15) is 12.2 Å². The van der Waals surface area contributed by atoms with Crippen LogP contribution in [0.2, 0.25) is 0 Å². The highest BCUT2D eigenvalue weighted by Gasteiger charge is 2.44. The SMILES string of the molecule is C=P(C)(C)CCC1OC(n2cc(CN(C)C(=O)C(F)(F)F)c(=O)[nH]c2=O)[C@H](O)[C@@H]1O. The minimum absolute atomic E-state index is 0.281. The molecule has 9 nitrogen and oxygen atoms in total. The van der Waals surface area contributed by atoms with Gasteiger partial charge >= 0.3 is 17.8 Å². The highest BCUT2D eigenvalue weighted by Crippen LogP contribution is 2.39. The fourth-order valence-corrected chi connectivity index (χ4v) is 4.00. The van der Waals surface area contributed by atoms with Crippen LogP contribution in [0, 0.1) is 0 Å². The number of nitrogens with zero attached hydrogens (tertiary/aromatic N) is 2. The smallest absolute Gasteiger partial charge is 0.388 e. The predicted molar refractivity (Wildman–Crippen MR) is 105 cm³/mol. The Hall–Kier alpha value is -1.88. The molecule has 3 N–H and O–H groups in total. The molecule has 13 heteroatoms. The van der Waals surface area contributed by atoms with Crippen molar-refractivity contribution < 1.29 is 32.9 Å². The van der Waals surface area contributed by atoms with E-state index in [1.165, 1.54) is 0 Å². The van der Waals surface area contributed by atoms with E-state index in [1.54, 1.807) is 0 Å². The van der Waals surface area contributed by atoms with Crippen molar-refractivity contribution >= 4 is 19.1 Å². The van der Waals surface area contributed by atoms with Gasteiger partial charge in [0.2, 0.25) is 0 Å². The molecular weight excluding hydrogens is 430 g/mol. The quantitative estimate of drug-likeness (QED) is 0.510. The van der Waals surface area contributed by atoms with Crippen molar-refractivity contribution in [2.45, 2.75) is 43.7 Å². The number of carbonyl (C=O) groups excluding carboxylic acids is 1. The Kier molecular flexibility index (Phi) is 7.07. The van der Waals surface area contributed by atoms with Gasteiger partial charge in [-0.15, -0.1) is 13.2 Å². The van der Waals surface area contributed by atoms with Gasteiger partial charge in [0.15, 0.2) is 6.23 Å². The summed E-state index contributed by atoms with van der Waals surface area (Å²) in [5, 5.41) is 20.6. The summed E-state index contributed by atoms with van der Waals surface area (Å²) in [5.41, 5.74) is -2.28. The molecule has 1 aliphatic rings. The number of aromatic nitrogens is 2. The van der Waals surface area contributed by atoms with Crippen molar-refractivity contribution in [1.82, 2.24) is 14.5 Å². The molecule has 2 unspecified atom stereocenters. The molecule has 170 valence electrons. The first kappa shape index (κ1) is 24.4. The number of hydrogen-bond acceptors (Lipinski definition) is 6. The number of aliphatic hydroxyl groups excluding tert-OH is 2. The lowest BCUT2D eigenvalue weighted by atomic mass is 10.1. The van der Waals surface area contributed by atoms with E-state index in [4.69, 9.17) is 4.74 Å². The van der Waals surface area contributed by atoms with Crippen molar-refractivity contribution in [2.24, 2.45) is 0 Å². The number of aliphatic hydroxyl groups is 2. The standard InChI is InChI=1S/C17H25F3N3O6P/c1-22(15(27)17(18,19)20)7-9-8-23(16(28)21-13(9)26)14-12(25)11(24)10(29-14)5-6-30(2,3)4/h8,10-12,14,24-25H,2,5-7H2,1,3-4H3,(H,21,26,28)/t10?,11-,12-,14?/m1/s1. The molecule has 1 amide bonds. The fourth-order valence-electron chi connectivity index (χ4n) is 3.05. The molecule has 1 aromatic heterocycles. The summed E-state index contributed by atoms with van der Waals surface area (Å²) in [5.74, 6) is -2.16. The third-order valence-electron chi connectivity index (χ3n) is 4.67. The molecule has 0 bridgehead atoms. The monoisotopic (exact) mass is 455 g/mol. The predicted octanol–water partition coefficient (Wildman–Crippen LogP) is -0.224. The molecule has 0 saturated carbocycles. The topological polar surface area (TPSA) is 125 Å². The first-order chi connectivity index (χ1) is 13.6. The van der Waals surface area contributed by atoms with Crippen molar-refractivity contribution in [3.63, 3.8) is 0 Å². The van der Waals surface area contributed by atoms with E-state index in [-0.39, 0.29) is 10.5 Å². The van der Waals surface area contributed by atoms with Gasteiger partial charge in [0, 0.05) is 13.2 Å². The van der Waals surface area contributed by atoms with Crippen LogP contribution < -0.4 is 11.2 Å². The highest BCUT2D eigenvalue weighted by molar-refractivity contribution is 7.72. The maximum atomic E-state index is 12.6. The molecular formula is C17H25F3N3O6P. The molecule has 0 aliphatic carbocycles. The Balaban J connectivity index is 2.29. The maximum Gasteiger partial charge on any atom is 0.471 e. The van der Waals surface area contributed by atoms with Gasteiger partial charge < -0.3 is 19.8 Å². The lowest BCUT2D eigenvalue weighted by Crippen LogP contribution is -2.42. The van der Waals surface area contributed by atoms with Crippen molar-refractivity contribution in [1.29, 1.82) is 0 Å². The number of halogens is 3. The minimum Gasteiger partial charge on any atom is -0.388 e. The maximum absolute atomic E-state index is 12.6. The van der Waals surface area contributed by atoms with Crippen LogP contribution in [0.5, 0.6) is 0 Å². The Bertz CT molecular complexity index is 953. The van der Waals surface area contributed by atoms with E-state index in [0.717, 1.165) is 17.8 Å². The number of alkyl halides is 3. The zero-order chi connectivity index (χ0) is 23.0. The van der Waals surface area contributed by atoms with Crippen LogP contribution in [-0.2, 0) is 16.1 Å². The van der Waals surface area contributed by atoms with E-state index in [1.807, 2.05) is 18.3 Å². The average molecular weight is 455 g/mol. The summed E-state index contributed by atoms with van der Waals surface area (Å²) < 4.78 is 44.1. The summed E-state index contributed by atoms with van der Waals surface area (Å²) in [6.45, 7) is 1.80. The fraction of sp³-hybridized carbons (Fsp3) is 0.647. The molecule has 1 saturated heterocycles. The minimum atomic E-state index is -5.12. The largest absolute Gasteiger partial charge is 0.471 e. The second-order valence-corrected chi connectivity index (χ2v) is 12.3. The number of rotatable bonds is 6. The lowest BCUT2D eigenvalue weighted by Gasteiger charge is -2.21. The lowest BCUT2D eigenvalue weighted by molar-refractivity contribution is -0.184. The molecule has 4 atom stereocenters. The van der Waals surface area contributed by atoms with Crippen molar-refractivity contribution in [3.05, 3.63) is 32.6 Å². The van der Waals surface area contributed by atoms with Crippen LogP contribution in [-0.4, -0.2) is 87.9 Å². The van der Waals surface area contributed by atoms with Crippen molar-refractivity contribution in [2.75, 3.05) is 26.5 Å². The number of aromatic amines is 1. The third-order valence-corrected chi connectivity index (χ3v) is 6.14. The summed E-state index contributed by atoms with van der Waals surface area (Å²) in [4.78, 5) is 37.7. The Labute approximate surface area is 170 Å². The zero-order valence-electron chi connectivity index (χ0n) is 16.7. The molecule has 2 rings (SSSR count). The van der Waals surface area contributed by atoms with Crippen molar-refractivity contribution in [3.8, 4) is 0 Å². The molecule has 1 fully saturated rings. The van der Waals surface area contributed by atoms with Crippen LogP contribution >= 0.6 is 6.89 Å². The number of nitrogens with one attached hydrogen (secondary N) is 1. The van der Waals surface area contributed by atoms with Crippen LogP contribution in [0.25, 0.3) is 0 Å². The van der Waals surface area contributed by atoms with Crippen LogP contribution in [0.4, 0.5) is 13.2 Å². The molecule has 0 spiro atoms. The van der Waals surface area contributed by atoms with E-state index < -0.39 is 61.3 Å². The first-order valence-corrected chi connectivity index (χ1v) is 12.0. The number of carbonyl (C=O) groups is 1. The second-order valence-electron chi connectivity index (χ2n) is 7.97. The summed E-state index contributed by atoms with van der Waals surface area (Å²) >= 11 is 0. The molecule has 30 heavy (non-hydrogen) atoms. The number of hydrogen-bond donors (Lipinski definition) is 3. The van der Waals surface area contributed by atoms with E-state index >= 15 is 0 Å². The molecule has 1 aromatic rings. The number of H-pyrrole nitrogens is 1. The zero-order valence-corrected chi connectivity index (χ0v) is 17.6. The van der Waals surface area contributed by atoms with E-state index in [9.17, 15) is 37.8 Å². The average Bonchev–Trinajstić information content (AvgIpc) is 2.88. The number of amides is 1. The molecule has 1 aliphatic heterocycles. The molecule has 0 aromatic carbocycles. The van der Waals surface area contributed by atoms with Gasteiger partial charge in [-0.1, -0.05) is 0 Å². The van der Waals surface area contributed by atoms with Crippen LogP contribution in [0.15, 0.2) is 15.8 Å². The highest BCUT2D eigenvalue weighted by atomic mass is 31.2. The van der Waals surface area contributed by atoms with Gasteiger partial charge in [0.25, 0.3) is 5.56 Å². The van der Waals surface area contributed by atoms with Gasteiger partial charge in [-0.3, -0.25) is 19.1 Å². The van der Waals surface area contributed by atoms with Gasteiger partial charge in [0.05, 0.1) is 18.2 Å². The van der Waals surface area contributed by atoms with Crippen LogP contribution in [0.3, 0.4) is 0 Å². The third kappa shape index (κ3) is 5.63. The number of ether oxygens (including phenoxy) is 1. The summed E-state index contributed by atoms with van der Waals surface area (Å²) in [7, 11) is 0.856. The Morgan fingerprint density at radius 1 is 1.33 bits per heavy atom. The van der Waals surface area contributed by atoms with E-state index in [2.05, 4.69) is 6.30 Å². The molecule has 2 heterocycles. The Morgan fingerprint density at radius 2 is 1.93 bits per heavy atom. The van der Waals surface area contributed by atoms with Gasteiger partial charge in [-0.2, -0.15) is 13.2 Å². The van der Waals surface area contributed by atoms with Gasteiger partial charge in [-0.25, -0.2) is 4.79 Å². The second kappa shape index (κ2) is 8.70. The van der Waals surface area contributed by atoms with Gasteiger partial charge in [-0.05, 0) is 25.9 Å².